The number of aryl methyl sites for hydroxylation is 1. The van der Waals surface area contributed by atoms with Gasteiger partial charge in [-0.25, -0.2) is 23.4 Å². The molecule has 3 aromatic rings. The summed E-state index contributed by atoms with van der Waals surface area (Å²) in [7, 11) is 1.39. The average molecular weight is 568 g/mol. The number of ether oxygens (including phenoxy) is 2. The summed E-state index contributed by atoms with van der Waals surface area (Å²) in [5.41, 5.74) is 2.67. The Kier molecular flexibility index (Phi) is 9.45. The maximum atomic E-state index is 14.1. The van der Waals surface area contributed by atoms with Crippen LogP contribution in [0.1, 0.15) is 34.3 Å². The normalized spacial score (nSPS) is 15.8. The molecule has 2 atom stereocenters. The number of anilines is 1. The lowest BCUT2D eigenvalue weighted by Gasteiger charge is -2.38. The van der Waals surface area contributed by atoms with Crippen molar-refractivity contribution in [3.63, 3.8) is 0 Å². The van der Waals surface area contributed by atoms with E-state index < -0.39 is 49.1 Å². The number of nitrogens with one attached hydrogen (secondary N) is 3. The Morgan fingerprint density at radius 3 is 2.54 bits per heavy atom. The molecular weight excluding hydrogens is 536 g/mol. The molecule has 0 saturated carbocycles. The zero-order valence-electron chi connectivity index (χ0n) is 22.6. The number of carbonyl (C=O) groups excluding carboxylic acids is 3. The van der Waals surface area contributed by atoms with Crippen molar-refractivity contribution in [2.75, 3.05) is 32.1 Å². The maximum Gasteiger partial charge on any atom is 0.408 e. The van der Waals surface area contributed by atoms with Crippen molar-refractivity contribution in [3.05, 3.63) is 95.2 Å². The van der Waals surface area contributed by atoms with Crippen molar-refractivity contribution in [3.8, 4) is 0 Å². The fourth-order valence-electron chi connectivity index (χ4n) is 4.32. The van der Waals surface area contributed by atoms with Gasteiger partial charge in [0.1, 0.15) is 18.5 Å². The lowest BCUT2D eigenvalue weighted by Crippen LogP contribution is -2.58. The monoisotopic (exact) mass is 567 g/mol. The number of amides is 4. The van der Waals surface area contributed by atoms with Crippen LogP contribution < -0.4 is 16.0 Å². The number of urea groups is 1. The first-order valence-corrected chi connectivity index (χ1v) is 12.9. The maximum absolute atomic E-state index is 14.1. The second-order valence-corrected chi connectivity index (χ2v) is 9.63. The van der Waals surface area contributed by atoms with Crippen LogP contribution in [-0.4, -0.2) is 60.6 Å². The highest BCUT2D eigenvalue weighted by atomic mass is 19.3. The van der Waals surface area contributed by atoms with Crippen molar-refractivity contribution in [1.82, 2.24) is 20.5 Å². The Morgan fingerprint density at radius 2 is 1.83 bits per heavy atom. The quantitative estimate of drug-likeness (QED) is 0.335. The van der Waals surface area contributed by atoms with Crippen molar-refractivity contribution >= 4 is 23.8 Å². The van der Waals surface area contributed by atoms with E-state index in [4.69, 9.17) is 9.47 Å². The molecule has 0 unspecified atom stereocenters. The van der Waals surface area contributed by atoms with E-state index in [1.54, 1.807) is 30.3 Å². The first kappa shape index (κ1) is 29.4. The molecule has 1 aliphatic rings. The van der Waals surface area contributed by atoms with Crippen LogP contribution >= 0.6 is 0 Å². The van der Waals surface area contributed by atoms with Gasteiger partial charge in [-0.1, -0.05) is 60.2 Å². The Bertz CT molecular complexity index is 1360. The van der Waals surface area contributed by atoms with Crippen molar-refractivity contribution in [2.24, 2.45) is 0 Å². The summed E-state index contributed by atoms with van der Waals surface area (Å²) >= 11 is 0. The Labute approximate surface area is 236 Å². The lowest BCUT2D eigenvalue weighted by molar-refractivity contribution is -0.118. The standard InChI is InChI=1S/C29H31F2N5O5/c1-19-8-10-21(11-9-19)25(35-28(39)41-15-20-6-4-3-5-7-20)26(37)34-24-14-22(12-13-32-24)23(16-40-2)36-18-29(30,31)17-33-27(36)38/h3-14,23,25H,15-18H2,1-2H3,(H,33,38)(H,35,39)(H,32,34,37)/t23-,25+/m1/s1. The van der Waals surface area contributed by atoms with Gasteiger partial charge in [0.25, 0.3) is 11.8 Å². The molecule has 4 amide bonds. The smallest absolute Gasteiger partial charge is 0.408 e. The molecule has 1 fully saturated rings. The molecular formula is C29H31F2N5O5. The van der Waals surface area contributed by atoms with Crippen LogP contribution in [0.5, 0.6) is 0 Å². The van der Waals surface area contributed by atoms with E-state index in [1.807, 2.05) is 37.3 Å². The van der Waals surface area contributed by atoms with Gasteiger partial charge in [-0.2, -0.15) is 0 Å². The molecule has 4 rings (SSSR count). The number of benzene rings is 2. The first-order valence-electron chi connectivity index (χ1n) is 12.9. The number of alkyl halides is 2. The van der Waals surface area contributed by atoms with E-state index in [-0.39, 0.29) is 19.0 Å². The predicted molar refractivity (Wildman–Crippen MR) is 146 cm³/mol. The summed E-state index contributed by atoms with van der Waals surface area (Å²) in [5.74, 6) is -3.64. The Balaban J connectivity index is 1.52. The van der Waals surface area contributed by atoms with Gasteiger partial charge in [-0.15, -0.1) is 0 Å². The second kappa shape index (κ2) is 13.2. The molecule has 10 nitrogen and oxygen atoms in total. The van der Waals surface area contributed by atoms with Gasteiger partial charge in [0.15, 0.2) is 0 Å². The number of carbonyl (C=O) groups is 3. The summed E-state index contributed by atoms with van der Waals surface area (Å²) in [6.07, 6.45) is 0.587. The highest BCUT2D eigenvalue weighted by Gasteiger charge is 2.42. The molecule has 0 radical (unpaired) electrons. The van der Waals surface area contributed by atoms with Crippen LogP contribution in [0, 0.1) is 6.92 Å². The lowest BCUT2D eigenvalue weighted by atomic mass is 10.0. The minimum absolute atomic E-state index is 0.0164. The largest absolute Gasteiger partial charge is 0.445 e. The van der Waals surface area contributed by atoms with Gasteiger partial charge in [-0.3, -0.25) is 4.79 Å². The van der Waals surface area contributed by atoms with E-state index in [0.717, 1.165) is 16.0 Å². The minimum atomic E-state index is -3.12. The molecule has 0 bridgehead atoms. The molecule has 216 valence electrons. The number of alkyl carbamates (subject to hydrolysis) is 1. The number of rotatable bonds is 10. The fourth-order valence-corrected chi connectivity index (χ4v) is 4.32. The Morgan fingerprint density at radius 1 is 1.10 bits per heavy atom. The number of aromatic nitrogens is 1. The SMILES string of the molecule is COC[C@H](c1ccnc(NC(=O)[C@@H](NC(=O)OCc2ccccc2)c2ccc(C)cc2)c1)N1CC(F)(F)CNC1=O. The molecule has 0 aliphatic carbocycles. The molecule has 0 spiro atoms. The predicted octanol–water partition coefficient (Wildman–Crippen LogP) is 4.34. The van der Waals surface area contributed by atoms with E-state index in [1.165, 1.54) is 19.4 Å². The molecule has 1 aromatic heterocycles. The summed E-state index contributed by atoms with van der Waals surface area (Å²) < 4.78 is 38.8. The topological polar surface area (TPSA) is 122 Å². The van der Waals surface area contributed by atoms with Crippen molar-refractivity contribution < 1.29 is 32.6 Å². The first-order chi connectivity index (χ1) is 19.6. The summed E-state index contributed by atoms with van der Waals surface area (Å²) in [6.45, 7) is 0.303. The van der Waals surface area contributed by atoms with E-state index in [2.05, 4.69) is 20.9 Å². The van der Waals surface area contributed by atoms with Gasteiger partial charge in [0.2, 0.25) is 0 Å². The van der Waals surface area contributed by atoms with E-state index in [9.17, 15) is 23.2 Å². The van der Waals surface area contributed by atoms with Crippen LogP contribution in [0.4, 0.5) is 24.2 Å². The van der Waals surface area contributed by atoms with Crippen LogP contribution in [-0.2, 0) is 20.9 Å². The van der Waals surface area contributed by atoms with Crippen molar-refractivity contribution in [2.45, 2.75) is 31.5 Å². The fraction of sp³-hybridized carbons (Fsp3) is 0.310. The molecule has 12 heteroatoms. The molecule has 1 aliphatic heterocycles. The van der Waals surface area contributed by atoms with E-state index >= 15 is 0 Å². The van der Waals surface area contributed by atoms with Crippen LogP contribution in [0.3, 0.4) is 0 Å². The molecule has 41 heavy (non-hydrogen) atoms. The van der Waals surface area contributed by atoms with Crippen LogP contribution in [0.25, 0.3) is 0 Å². The number of nitrogens with zero attached hydrogens (tertiary/aromatic N) is 2. The van der Waals surface area contributed by atoms with Crippen LogP contribution in [0.15, 0.2) is 72.9 Å². The second-order valence-electron chi connectivity index (χ2n) is 9.63. The zero-order valence-corrected chi connectivity index (χ0v) is 22.6. The number of halogens is 2. The summed E-state index contributed by atoms with van der Waals surface area (Å²) in [4.78, 5) is 43.7. The summed E-state index contributed by atoms with van der Waals surface area (Å²) in [5, 5.41) is 7.47. The zero-order chi connectivity index (χ0) is 29.4. The van der Waals surface area contributed by atoms with Gasteiger partial charge in [0, 0.05) is 13.3 Å². The average Bonchev–Trinajstić information content (AvgIpc) is 2.96. The minimum Gasteiger partial charge on any atom is -0.445 e. The summed E-state index contributed by atoms with van der Waals surface area (Å²) in [6, 6.07) is 16.5. The third-order valence-corrected chi connectivity index (χ3v) is 6.43. The number of methoxy groups -OCH3 is 1. The van der Waals surface area contributed by atoms with Crippen molar-refractivity contribution in [1.29, 1.82) is 0 Å². The third kappa shape index (κ3) is 7.98. The Hall–Kier alpha value is -4.58. The number of hydrogen-bond donors (Lipinski definition) is 3. The highest BCUT2D eigenvalue weighted by molar-refractivity contribution is 5.96. The van der Waals surface area contributed by atoms with Gasteiger partial charge < -0.3 is 30.3 Å². The molecule has 1 saturated heterocycles. The highest BCUT2D eigenvalue weighted by Crippen LogP contribution is 2.29. The van der Waals surface area contributed by atoms with Gasteiger partial charge >= 0.3 is 12.1 Å². The van der Waals surface area contributed by atoms with Crippen LogP contribution in [0.2, 0.25) is 0 Å². The molecule has 2 aromatic carbocycles. The van der Waals surface area contributed by atoms with Gasteiger partial charge in [-0.05, 0) is 35.7 Å². The molecule has 2 heterocycles. The molecule has 3 N–H and O–H groups in total. The number of pyridine rings is 1. The number of hydrogen-bond acceptors (Lipinski definition) is 6. The van der Waals surface area contributed by atoms with E-state index in [0.29, 0.717) is 11.1 Å². The third-order valence-electron chi connectivity index (χ3n) is 6.43. The van der Waals surface area contributed by atoms with Gasteiger partial charge in [0.05, 0.1) is 25.7 Å².